The quantitative estimate of drug-likeness (QED) is 0.259. The number of nitrogens with zero attached hydrogens (tertiary/aromatic N) is 3. The number of nitrogens with one attached hydrogen (secondary N) is 2. The summed E-state index contributed by atoms with van der Waals surface area (Å²) in [4.78, 5) is 19.2. The lowest BCUT2D eigenvalue weighted by molar-refractivity contribution is -0.118. The van der Waals surface area contributed by atoms with E-state index in [0.29, 0.717) is 5.11 Å². The van der Waals surface area contributed by atoms with Gasteiger partial charge in [0.2, 0.25) is 5.91 Å². The molecule has 3 heterocycles. The van der Waals surface area contributed by atoms with Gasteiger partial charge in [-0.1, -0.05) is 50.2 Å². The third-order valence-electron chi connectivity index (χ3n) is 7.48. The van der Waals surface area contributed by atoms with Gasteiger partial charge in [-0.2, -0.15) is 0 Å². The van der Waals surface area contributed by atoms with Gasteiger partial charge >= 0.3 is 0 Å². The molecule has 0 radical (unpaired) electrons. The van der Waals surface area contributed by atoms with Gasteiger partial charge in [0.25, 0.3) is 0 Å². The molecular weight excluding hydrogens is 502 g/mol. The summed E-state index contributed by atoms with van der Waals surface area (Å²) in [5.74, 6) is -0.0859. The number of aryl methyl sites for hydroxylation is 2. The summed E-state index contributed by atoms with van der Waals surface area (Å²) < 4.78 is 2.37. The maximum atomic E-state index is 12.3. The molecule has 0 bridgehead atoms. The molecule has 5 rings (SSSR count). The van der Waals surface area contributed by atoms with Crippen molar-refractivity contribution in [2.75, 3.05) is 10.2 Å². The van der Waals surface area contributed by atoms with E-state index in [2.05, 4.69) is 76.4 Å². The average molecular weight is 538 g/mol. The Balaban J connectivity index is 1.57. The zero-order valence-electron chi connectivity index (χ0n) is 23.1. The summed E-state index contributed by atoms with van der Waals surface area (Å²) in [6.07, 6.45) is 1.83. The standard InChI is InChI=1S/C32H35N5OS/c1-20(2)31(38)34-27-15-14-25(17-21(27)3)37-30(29(35-32(37)39)28-13-9-10-16-33-28)26-18-22(4)36(23(26)5)19-24-11-7-6-8-12-24/h6-18,20,29-30H,19H2,1-5H3,(H,34,38)(H,35,39)/t29-,30+/m0/s1. The van der Waals surface area contributed by atoms with E-state index in [0.717, 1.165) is 29.2 Å². The Kier molecular flexibility index (Phi) is 7.53. The molecule has 0 saturated carbocycles. The summed E-state index contributed by atoms with van der Waals surface area (Å²) in [5.41, 5.74) is 8.60. The number of anilines is 2. The zero-order chi connectivity index (χ0) is 27.7. The van der Waals surface area contributed by atoms with Crippen molar-refractivity contribution in [2.45, 2.75) is 53.2 Å². The van der Waals surface area contributed by atoms with E-state index in [1.165, 1.54) is 22.5 Å². The van der Waals surface area contributed by atoms with Crippen LogP contribution in [0.3, 0.4) is 0 Å². The number of pyridine rings is 1. The Morgan fingerprint density at radius 3 is 2.44 bits per heavy atom. The second-order valence-electron chi connectivity index (χ2n) is 10.5. The van der Waals surface area contributed by atoms with Gasteiger partial charge in [0.15, 0.2) is 5.11 Å². The first-order valence-electron chi connectivity index (χ1n) is 13.4. The minimum Gasteiger partial charge on any atom is -0.351 e. The summed E-state index contributed by atoms with van der Waals surface area (Å²) >= 11 is 5.96. The Hall–Kier alpha value is -3.97. The number of amides is 1. The third kappa shape index (κ3) is 5.32. The normalized spacial score (nSPS) is 17.0. The molecule has 39 heavy (non-hydrogen) atoms. The van der Waals surface area contributed by atoms with Crippen molar-refractivity contribution in [1.82, 2.24) is 14.9 Å². The van der Waals surface area contributed by atoms with Crippen molar-refractivity contribution in [1.29, 1.82) is 0 Å². The maximum absolute atomic E-state index is 12.3. The summed E-state index contributed by atoms with van der Waals surface area (Å²) in [5, 5.41) is 7.26. The Labute approximate surface area is 236 Å². The lowest BCUT2D eigenvalue weighted by Gasteiger charge is -2.29. The summed E-state index contributed by atoms with van der Waals surface area (Å²) in [7, 11) is 0. The Morgan fingerprint density at radius 2 is 1.77 bits per heavy atom. The van der Waals surface area contributed by atoms with E-state index in [1.807, 2.05) is 57.3 Å². The predicted molar refractivity (Wildman–Crippen MR) is 162 cm³/mol. The molecule has 1 fully saturated rings. The number of benzene rings is 2. The highest BCUT2D eigenvalue weighted by Gasteiger charge is 2.42. The molecule has 0 aliphatic carbocycles. The fraction of sp³-hybridized carbons (Fsp3) is 0.281. The molecule has 2 aromatic carbocycles. The maximum Gasteiger partial charge on any atom is 0.226 e. The highest BCUT2D eigenvalue weighted by Crippen LogP contribution is 2.44. The van der Waals surface area contributed by atoms with Crippen LogP contribution in [0.1, 0.15) is 59.7 Å². The van der Waals surface area contributed by atoms with E-state index in [-0.39, 0.29) is 23.9 Å². The highest BCUT2D eigenvalue weighted by atomic mass is 32.1. The number of rotatable bonds is 7. The molecule has 2 atom stereocenters. The van der Waals surface area contributed by atoms with Crippen LogP contribution < -0.4 is 15.5 Å². The smallest absolute Gasteiger partial charge is 0.226 e. The number of carbonyl (C=O) groups is 1. The van der Waals surface area contributed by atoms with Gasteiger partial charge in [-0.05, 0) is 86.1 Å². The Bertz CT molecular complexity index is 1500. The van der Waals surface area contributed by atoms with Crippen LogP contribution >= 0.6 is 12.2 Å². The first-order valence-corrected chi connectivity index (χ1v) is 13.8. The molecule has 4 aromatic rings. The van der Waals surface area contributed by atoms with Crippen LogP contribution in [0.5, 0.6) is 0 Å². The van der Waals surface area contributed by atoms with E-state index in [4.69, 9.17) is 17.2 Å². The van der Waals surface area contributed by atoms with E-state index in [1.54, 1.807) is 0 Å². The first kappa shape index (κ1) is 26.6. The third-order valence-corrected chi connectivity index (χ3v) is 7.80. The minimum atomic E-state index is -0.120. The van der Waals surface area contributed by atoms with Crippen LogP contribution in [0.25, 0.3) is 0 Å². The van der Waals surface area contributed by atoms with Crippen molar-refractivity contribution in [3.8, 4) is 0 Å². The molecule has 1 saturated heterocycles. The zero-order valence-corrected chi connectivity index (χ0v) is 23.9. The van der Waals surface area contributed by atoms with Crippen molar-refractivity contribution in [3.05, 3.63) is 113 Å². The van der Waals surface area contributed by atoms with Gasteiger partial charge < -0.3 is 20.1 Å². The highest BCUT2D eigenvalue weighted by molar-refractivity contribution is 7.80. The van der Waals surface area contributed by atoms with Crippen LogP contribution in [-0.4, -0.2) is 20.6 Å². The van der Waals surface area contributed by atoms with Crippen LogP contribution in [0, 0.1) is 26.7 Å². The lowest BCUT2D eigenvalue weighted by Crippen LogP contribution is -2.29. The number of hydrogen-bond donors (Lipinski definition) is 2. The van der Waals surface area contributed by atoms with Gasteiger partial charge in [0.1, 0.15) is 0 Å². The van der Waals surface area contributed by atoms with E-state index >= 15 is 0 Å². The predicted octanol–water partition coefficient (Wildman–Crippen LogP) is 6.63. The minimum absolute atomic E-state index is 0.00292. The SMILES string of the molecule is Cc1cc(N2C(=S)N[C@@H](c3ccccn3)[C@H]2c2cc(C)n(Cc3ccccc3)c2C)ccc1NC(=O)C(C)C. The second-order valence-corrected chi connectivity index (χ2v) is 10.9. The number of thiocarbonyl (C=S) groups is 1. The topological polar surface area (TPSA) is 62.2 Å². The fourth-order valence-corrected chi connectivity index (χ4v) is 5.65. The molecule has 1 amide bonds. The van der Waals surface area contributed by atoms with Gasteiger partial charge in [-0.3, -0.25) is 9.78 Å². The molecule has 2 aromatic heterocycles. The largest absolute Gasteiger partial charge is 0.351 e. The molecule has 6 nitrogen and oxygen atoms in total. The average Bonchev–Trinajstić information content (AvgIpc) is 3.41. The second kappa shape index (κ2) is 11.0. The molecular formula is C32H35N5OS. The number of carbonyl (C=O) groups excluding carboxylic acids is 1. The van der Waals surface area contributed by atoms with Crippen molar-refractivity contribution in [2.24, 2.45) is 5.92 Å². The molecule has 7 heteroatoms. The number of hydrogen-bond acceptors (Lipinski definition) is 3. The fourth-order valence-electron chi connectivity index (χ4n) is 5.30. The molecule has 0 spiro atoms. The molecule has 0 unspecified atom stereocenters. The van der Waals surface area contributed by atoms with Gasteiger partial charge in [0.05, 0.1) is 17.8 Å². The van der Waals surface area contributed by atoms with Gasteiger partial charge in [0, 0.05) is 41.4 Å². The van der Waals surface area contributed by atoms with Gasteiger partial charge in [-0.25, -0.2) is 0 Å². The summed E-state index contributed by atoms with van der Waals surface area (Å²) in [6.45, 7) is 11.0. The van der Waals surface area contributed by atoms with Crippen LogP contribution in [-0.2, 0) is 11.3 Å². The number of aromatic nitrogens is 2. The van der Waals surface area contributed by atoms with Crippen molar-refractivity contribution < 1.29 is 4.79 Å². The molecule has 1 aliphatic rings. The van der Waals surface area contributed by atoms with Crippen molar-refractivity contribution in [3.63, 3.8) is 0 Å². The van der Waals surface area contributed by atoms with Gasteiger partial charge in [-0.15, -0.1) is 0 Å². The van der Waals surface area contributed by atoms with E-state index in [9.17, 15) is 4.79 Å². The monoisotopic (exact) mass is 537 g/mol. The van der Waals surface area contributed by atoms with Crippen LogP contribution in [0.4, 0.5) is 11.4 Å². The molecule has 200 valence electrons. The first-order chi connectivity index (χ1) is 18.7. The summed E-state index contributed by atoms with van der Waals surface area (Å²) in [6, 6.07) is 24.7. The van der Waals surface area contributed by atoms with Crippen LogP contribution in [0.2, 0.25) is 0 Å². The van der Waals surface area contributed by atoms with E-state index < -0.39 is 0 Å². The molecule has 2 N–H and O–H groups in total. The lowest BCUT2D eigenvalue weighted by atomic mass is 9.96. The van der Waals surface area contributed by atoms with Crippen LogP contribution in [0.15, 0.2) is 79.0 Å². The Morgan fingerprint density at radius 1 is 1.03 bits per heavy atom. The van der Waals surface area contributed by atoms with Crippen molar-refractivity contribution >= 4 is 34.6 Å². The molecule has 1 aliphatic heterocycles.